The number of carbonyl (C=O) groups is 2. The van der Waals surface area contributed by atoms with Crippen LogP contribution in [0.3, 0.4) is 0 Å². The summed E-state index contributed by atoms with van der Waals surface area (Å²) in [7, 11) is 0. The van der Waals surface area contributed by atoms with E-state index in [4.69, 9.17) is 0 Å². The number of piperazine rings is 1. The quantitative estimate of drug-likeness (QED) is 0.752. The fraction of sp³-hybridized carbons (Fsp3) is 0.682. The molecule has 2 aliphatic rings. The van der Waals surface area contributed by atoms with Gasteiger partial charge in [-0.2, -0.15) is 0 Å². The van der Waals surface area contributed by atoms with Gasteiger partial charge in [0, 0.05) is 57.9 Å². The Morgan fingerprint density at radius 2 is 2.00 bits per heavy atom. The van der Waals surface area contributed by atoms with E-state index in [-0.39, 0.29) is 24.3 Å². The summed E-state index contributed by atoms with van der Waals surface area (Å²) in [6, 6.07) is 6.06. The Labute approximate surface area is 174 Å². The molecule has 2 aliphatic heterocycles. The number of amides is 2. The van der Waals surface area contributed by atoms with Gasteiger partial charge >= 0.3 is 0 Å². The normalized spacial score (nSPS) is 21.7. The number of rotatable bonds is 7. The van der Waals surface area contributed by atoms with Crippen LogP contribution in [0.2, 0.25) is 0 Å². The summed E-state index contributed by atoms with van der Waals surface area (Å²) in [5.74, 6) is 1.55. The van der Waals surface area contributed by atoms with E-state index in [2.05, 4.69) is 26.2 Å². The lowest BCUT2D eigenvalue weighted by Gasteiger charge is -2.39. The second-order valence-corrected chi connectivity index (χ2v) is 8.35. The first-order chi connectivity index (χ1) is 14.1. The molecule has 1 aromatic heterocycles. The summed E-state index contributed by atoms with van der Waals surface area (Å²) >= 11 is 0. The van der Waals surface area contributed by atoms with E-state index in [1.165, 1.54) is 6.42 Å². The summed E-state index contributed by atoms with van der Waals surface area (Å²) in [5, 5.41) is 2.80. The van der Waals surface area contributed by atoms with Crippen LogP contribution < -0.4 is 10.2 Å². The third kappa shape index (κ3) is 6.16. The molecule has 7 nitrogen and oxygen atoms in total. The van der Waals surface area contributed by atoms with Crippen molar-refractivity contribution in [3.63, 3.8) is 0 Å². The Kier molecular flexibility index (Phi) is 7.86. The smallest absolute Gasteiger partial charge is 0.241 e. The van der Waals surface area contributed by atoms with Gasteiger partial charge in [-0.3, -0.25) is 14.5 Å². The number of aromatic nitrogens is 1. The van der Waals surface area contributed by atoms with Crippen LogP contribution in [0.4, 0.5) is 5.82 Å². The Bertz CT molecular complexity index is 660. The van der Waals surface area contributed by atoms with Crippen LogP contribution in [0.15, 0.2) is 24.4 Å². The zero-order chi connectivity index (χ0) is 20.6. The number of nitrogens with one attached hydrogen (secondary N) is 1. The standard InChI is InChI=1S/C22H35N5O2/c1-3-18(2)22(29)24-15-21(28)27-10-6-7-19(17-27)16-25-11-13-26(14-12-25)20-8-4-5-9-23-20/h4-5,8-9,18-19H,3,6-7,10-17H2,1-2H3,(H,24,29). The maximum atomic E-state index is 12.5. The third-order valence-electron chi connectivity index (χ3n) is 6.21. The van der Waals surface area contributed by atoms with Crippen LogP contribution in [0.5, 0.6) is 0 Å². The fourth-order valence-electron chi connectivity index (χ4n) is 4.14. The second kappa shape index (κ2) is 10.6. The highest BCUT2D eigenvalue weighted by molar-refractivity contribution is 5.85. The van der Waals surface area contributed by atoms with Crippen molar-refractivity contribution in [3.8, 4) is 0 Å². The van der Waals surface area contributed by atoms with Crippen molar-refractivity contribution in [2.24, 2.45) is 11.8 Å². The number of nitrogens with zero attached hydrogens (tertiary/aromatic N) is 4. The molecule has 2 atom stereocenters. The first-order valence-corrected chi connectivity index (χ1v) is 11.0. The Hall–Kier alpha value is -2.15. The summed E-state index contributed by atoms with van der Waals surface area (Å²) in [4.78, 5) is 35.7. The molecule has 2 saturated heterocycles. The van der Waals surface area contributed by atoms with Gasteiger partial charge in [0.25, 0.3) is 0 Å². The number of hydrogen-bond acceptors (Lipinski definition) is 5. The molecule has 0 saturated carbocycles. The zero-order valence-corrected chi connectivity index (χ0v) is 17.8. The van der Waals surface area contributed by atoms with Crippen LogP contribution in [-0.4, -0.2) is 79.0 Å². The summed E-state index contributed by atoms with van der Waals surface area (Å²) in [6.07, 6.45) is 4.85. The minimum atomic E-state index is -0.0401. The lowest BCUT2D eigenvalue weighted by molar-refractivity contribution is -0.135. The Morgan fingerprint density at radius 3 is 2.69 bits per heavy atom. The van der Waals surface area contributed by atoms with E-state index < -0.39 is 0 Å². The molecule has 1 N–H and O–H groups in total. The second-order valence-electron chi connectivity index (χ2n) is 8.35. The molecule has 160 valence electrons. The van der Waals surface area contributed by atoms with Crippen LogP contribution >= 0.6 is 0 Å². The summed E-state index contributed by atoms with van der Waals surface area (Å²) in [5.41, 5.74) is 0. The van der Waals surface area contributed by atoms with Gasteiger partial charge in [0.05, 0.1) is 6.54 Å². The van der Waals surface area contributed by atoms with E-state index in [1.807, 2.05) is 37.1 Å². The zero-order valence-electron chi connectivity index (χ0n) is 17.8. The van der Waals surface area contributed by atoms with Gasteiger partial charge in [-0.05, 0) is 37.3 Å². The number of piperidine rings is 1. The van der Waals surface area contributed by atoms with Gasteiger partial charge in [0.1, 0.15) is 5.82 Å². The maximum absolute atomic E-state index is 12.5. The number of pyridine rings is 1. The van der Waals surface area contributed by atoms with Crippen LogP contribution in [0.1, 0.15) is 33.1 Å². The van der Waals surface area contributed by atoms with Gasteiger partial charge in [0.2, 0.25) is 11.8 Å². The van der Waals surface area contributed by atoms with Crippen molar-refractivity contribution in [2.75, 3.05) is 57.3 Å². The number of hydrogen-bond donors (Lipinski definition) is 1. The Balaban J connectivity index is 1.41. The van der Waals surface area contributed by atoms with Gasteiger partial charge < -0.3 is 15.1 Å². The van der Waals surface area contributed by atoms with Crippen molar-refractivity contribution >= 4 is 17.6 Å². The molecule has 0 radical (unpaired) electrons. The highest BCUT2D eigenvalue weighted by Crippen LogP contribution is 2.20. The van der Waals surface area contributed by atoms with Gasteiger partial charge in [0.15, 0.2) is 0 Å². The third-order valence-corrected chi connectivity index (χ3v) is 6.21. The minimum absolute atomic E-state index is 0.0276. The van der Waals surface area contributed by atoms with Gasteiger partial charge in [-0.25, -0.2) is 4.98 Å². The highest BCUT2D eigenvalue weighted by atomic mass is 16.2. The number of carbonyl (C=O) groups excluding carboxylic acids is 2. The van der Waals surface area contributed by atoms with E-state index in [0.29, 0.717) is 5.92 Å². The average molecular weight is 402 g/mol. The van der Waals surface area contributed by atoms with E-state index in [9.17, 15) is 9.59 Å². The molecular formula is C22H35N5O2. The van der Waals surface area contributed by atoms with Crippen LogP contribution in [0, 0.1) is 11.8 Å². The average Bonchev–Trinajstić information content (AvgIpc) is 2.78. The molecule has 2 fully saturated rings. The van der Waals surface area contributed by atoms with Crippen molar-refractivity contribution in [1.29, 1.82) is 0 Å². The lowest BCUT2D eigenvalue weighted by Crippen LogP contribution is -2.51. The SMILES string of the molecule is CCC(C)C(=O)NCC(=O)N1CCCC(CN2CCN(c3ccccn3)CC2)C1. The van der Waals surface area contributed by atoms with Gasteiger partial charge in [-0.1, -0.05) is 19.9 Å². The molecule has 7 heteroatoms. The van der Waals surface area contributed by atoms with Crippen molar-refractivity contribution in [2.45, 2.75) is 33.1 Å². The van der Waals surface area contributed by atoms with Gasteiger partial charge in [-0.15, -0.1) is 0 Å². The molecule has 2 amide bonds. The maximum Gasteiger partial charge on any atom is 0.241 e. The molecule has 29 heavy (non-hydrogen) atoms. The molecule has 3 rings (SSSR count). The topological polar surface area (TPSA) is 68.8 Å². The molecule has 1 aromatic rings. The van der Waals surface area contributed by atoms with Crippen molar-refractivity contribution in [3.05, 3.63) is 24.4 Å². The van der Waals surface area contributed by atoms with E-state index >= 15 is 0 Å². The largest absolute Gasteiger partial charge is 0.354 e. The van der Waals surface area contributed by atoms with Crippen LogP contribution in [-0.2, 0) is 9.59 Å². The fourth-order valence-corrected chi connectivity index (χ4v) is 4.14. The molecule has 0 spiro atoms. The number of anilines is 1. The van der Waals surface area contributed by atoms with E-state index in [0.717, 1.165) is 64.5 Å². The molecular weight excluding hydrogens is 366 g/mol. The molecule has 0 bridgehead atoms. The first-order valence-electron chi connectivity index (χ1n) is 11.0. The predicted octanol–water partition coefficient (Wildman–Crippen LogP) is 1.60. The number of likely N-dealkylation sites (tertiary alicyclic amines) is 1. The predicted molar refractivity (Wildman–Crippen MR) is 115 cm³/mol. The molecule has 2 unspecified atom stereocenters. The Morgan fingerprint density at radius 1 is 1.21 bits per heavy atom. The monoisotopic (exact) mass is 401 g/mol. The van der Waals surface area contributed by atoms with Crippen molar-refractivity contribution in [1.82, 2.24) is 20.1 Å². The molecule has 0 aromatic carbocycles. The summed E-state index contributed by atoms with van der Waals surface area (Å²) in [6.45, 7) is 10.7. The lowest BCUT2D eigenvalue weighted by atomic mass is 9.97. The van der Waals surface area contributed by atoms with Crippen LogP contribution in [0.25, 0.3) is 0 Å². The van der Waals surface area contributed by atoms with Crippen molar-refractivity contribution < 1.29 is 9.59 Å². The minimum Gasteiger partial charge on any atom is -0.354 e. The highest BCUT2D eigenvalue weighted by Gasteiger charge is 2.27. The molecule has 0 aliphatic carbocycles. The molecule has 3 heterocycles. The first kappa shape index (κ1) is 21.6. The summed E-state index contributed by atoms with van der Waals surface area (Å²) < 4.78 is 0. The van der Waals surface area contributed by atoms with E-state index in [1.54, 1.807) is 0 Å².